The van der Waals surface area contributed by atoms with Crippen molar-refractivity contribution in [1.29, 1.82) is 0 Å². The Hall–Kier alpha value is 0.0969. The predicted molar refractivity (Wildman–Crippen MR) is 70.4 cm³/mol. The maximum atomic E-state index is 5.70. The van der Waals surface area contributed by atoms with Crippen LogP contribution in [-0.2, 0) is 9.47 Å². The molecule has 0 aliphatic carbocycles. The van der Waals surface area contributed by atoms with E-state index in [-0.39, 0.29) is 0 Å². The lowest BCUT2D eigenvalue weighted by molar-refractivity contribution is 0.103. The van der Waals surface area contributed by atoms with Gasteiger partial charge in [-0.05, 0) is 5.92 Å². The Morgan fingerprint density at radius 2 is 1.94 bits per heavy atom. The maximum absolute atomic E-state index is 5.70. The fraction of sp³-hybridized carbons (Fsp3) is 1.00. The van der Waals surface area contributed by atoms with Gasteiger partial charge in [-0.1, -0.05) is 26.9 Å². The van der Waals surface area contributed by atoms with Crippen LogP contribution in [0.1, 0.15) is 13.8 Å². The van der Waals surface area contributed by atoms with E-state index >= 15 is 0 Å². The first-order chi connectivity index (χ1) is 7.45. The highest BCUT2D eigenvalue weighted by atomic mass is 28.3. The topological polar surface area (TPSA) is 21.7 Å². The van der Waals surface area contributed by atoms with Gasteiger partial charge in [0.2, 0.25) is 0 Å². The predicted octanol–water partition coefficient (Wildman–Crippen LogP) is 1.77. The molecule has 1 aliphatic heterocycles. The molecule has 0 amide bonds. The Kier molecular flexibility index (Phi) is 4.98. The monoisotopic (exact) mass is 245 g/mol. The Labute approximate surface area is 101 Å². The van der Waals surface area contributed by atoms with Gasteiger partial charge in [-0.2, -0.15) is 0 Å². The highest BCUT2D eigenvalue weighted by molar-refractivity contribution is 6.80. The molecule has 1 heterocycles. The fourth-order valence-electron chi connectivity index (χ4n) is 3.32. The summed E-state index contributed by atoms with van der Waals surface area (Å²) in [5, 5.41) is 0. The minimum atomic E-state index is -1.33. The Balaban J connectivity index is 2.77. The average Bonchev–Trinajstić information content (AvgIpc) is 2.45. The molecular weight excluding hydrogens is 218 g/mol. The lowest BCUT2D eigenvalue weighted by Gasteiger charge is -2.35. The second kappa shape index (κ2) is 5.62. The van der Waals surface area contributed by atoms with Crippen molar-refractivity contribution in [3.8, 4) is 0 Å². The van der Waals surface area contributed by atoms with Crippen LogP contribution in [0.3, 0.4) is 0 Å². The quantitative estimate of drug-likeness (QED) is 0.689. The molecule has 0 radical (unpaired) electrons. The summed E-state index contributed by atoms with van der Waals surface area (Å²) in [4.78, 5) is 2.58. The van der Waals surface area contributed by atoms with Crippen LogP contribution in [0, 0.1) is 5.92 Å². The summed E-state index contributed by atoms with van der Waals surface area (Å²) >= 11 is 0. The zero-order valence-electron chi connectivity index (χ0n) is 11.6. The van der Waals surface area contributed by atoms with Gasteiger partial charge in [0, 0.05) is 33.0 Å². The van der Waals surface area contributed by atoms with Crippen molar-refractivity contribution < 1.29 is 9.47 Å². The van der Waals surface area contributed by atoms with E-state index in [0.717, 1.165) is 19.7 Å². The molecule has 0 saturated carbocycles. The summed E-state index contributed by atoms with van der Waals surface area (Å²) < 4.78 is 10.9. The molecule has 16 heavy (non-hydrogen) atoms. The highest BCUT2D eigenvalue weighted by Crippen LogP contribution is 2.33. The van der Waals surface area contributed by atoms with Gasteiger partial charge in [0.1, 0.15) is 8.07 Å². The first-order valence-corrected chi connectivity index (χ1v) is 9.36. The van der Waals surface area contributed by atoms with Gasteiger partial charge in [-0.15, -0.1) is 0 Å². The second-order valence-corrected chi connectivity index (χ2v) is 10.6. The molecule has 1 aliphatic rings. The number of hydrogen-bond donors (Lipinski definition) is 0. The van der Waals surface area contributed by atoms with Crippen molar-refractivity contribution in [1.82, 2.24) is 4.90 Å². The maximum Gasteiger partial charge on any atom is 0.102 e. The van der Waals surface area contributed by atoms with Crippen molar-refractivity contribution in [2.45, 2.75) is 38.3 Å². The summed E-state index contributed by atoms with van der Waals surface area (Å²) in [6.07, 6.45) is 0. The number of hydrogen-bond acceptors (Lipinski definition) is 3. The minimum absolute atomic E-state index is 0.469. The number of ether oxygens (including phenoxy) is 2. The fourth-order valence-corrected chi connectivity index (χ4v) is 7.91. The zero-order chi connectivity index (χ0) is 12.3. The normalized spacial score (nSPS) is 30.2. The molecule has 1 saturated heterocycles. The van der Waals surface area contributed by atoms with Gasteiger partial charge in [0.25, 0.3) is 0 Å². The smallest absolute Gasteiger partial charge is 0.102 e. The van der Waals surface area contributed by atoms with Crippen molar-refractivity contribution >= 4 is 8.07 Å². The van der Waals surface area contributed by atoms with Crippen LogP contribution in [0.5, 0.6) is 0 Å². The summed E-state index contributed by atoms with van der Waals surface area (Å²) in [7, 11) is 2.31. The molecule has 4 heteroatoms. The van der Waals surface area contributed by atoms with E-state index in [0.29, 0.717) is 17.3 Å². The van der Waals surface area contributed by atoms with Crippen molar-refractivity contribution in [3.63, 3.8) is 0 Å². The Morgan fingerprint density at radius 3 is 2.38 bits per heavy atom. The molecule has 0 unspecified atom stereocenters. The second-order valence-electron chi connectivity index (χ2n) is 5.72. The van der Waals surface area contributed by atoms with Crippen LogP contribution in [0.25, 0.3) is 0 Å². The molecule has 0 spiro atoms. The standard InChI is InChI=1S/C12H27NO2Si/c1-10(2)12-13(7-8-14-3)9-11(15-4)16(12,5)6/h10-12H,7-9H2,1-6H3/t11-,12+/m0/s1. The first-order valence-electron chi connectivity index (χ1n) is 6.21. The van der Waals surface area contributed by atoms with E-state index in [9.17, 15) is 0 Å². The third-order valence-corrected chi connectivity index (χ3v) is 8.52. The van der Waals surface area contributed by atoms with E-state index in [4.69, 9.17) is 9.47 Å². The van der Waals surface area contributed by atoms with Gasteiger partial charge < -0.3 is 9.47 Å². The summed E-state index contributed by atoms with van der Waals surface area (Å²) in [5.74, 6) is 0.707. The van der Waals surface area contributed by atoms with E-state index < -0.39 is 8.07 Å². The molecule has 2 atom stereocenters. The third-order valence-electron chi connectivity index (χ3n) is 3.88. The largest absolute Gasteiger partial charge is 0.383 e. The summed E-state index contributed by atoms with van der Waals surface area (Å²) in [5.41, 5.74) is 1.18. The Bertz CT molecular complexity index is 221. The first kappa shape index (κ1) is 14.2. The van der Waals surface area contributed by atoms with Gasteiger partial charge in [-0.3, -0.25) is 4.90 Å². The van der Waals surface area contributed by atoms with Gasteiger partial charge in [-0.25, -0.2) is 0 Å². The van der Waals surface area contributed by atoms with Crippen LogP contribution in [-0.4, -0.2) is 58.3 Å². The van der Waals surface area contributed by atoms with E-state index in [2.05, 4.69) is 31.8 Å². The summed E-state index contributed by atoms with van der Waals surface area (Å²) in [6, 6.07) is 0. The molecule has 0 N–H and O–H groups in total. The van der Waals surface area contributed by atoms with E-state index in [1.165, 1.54) is 0 Å². The van der Waals surface area contributed by atoms with Crippen LogP contribution < -0.4 is 0 Å². The molecule has 1 fully saturated rings. The molecule has 0 aromatic carbocycles. The summed E-state index contributed by atoms with van der Waals surface area (Å²) in [6.45, 7) is 12.5. The van der Waals surface area contributed by atoms with Crippen molar-refractivity contribution in [2.24, 2.45) is 5.92 Å². The number of nitrogens with zero attached hydrogens (tertiary/aromatic N) is 1. The van der Waals surface area contributed by atoms with Crippen LogP contribution in [0.4, 0.5) is 0 Å². The SMILES string of the molecule is COCCN1C[C@@H](OC)[Si](C)(C)[C@@H]1C(C)C. The van der Waals surface area contributed by atoms with Crippen molar-refractivity contribution in [3.05, 3.63) is 0 Å². The van der Waals surface area contributed by atoms with E-state index in [1.807, 2.05) is 7.11 Å². The zero-order valence-corrected chi connectivity index (χ0v) is 12.6. The molecule has 3 nitrogen and oxygen atoms in total. The highest BCUT2D eigenvalue weighted by Gasteiger charge is 2.50. The third kappa shape index (κ3) is 2.67. The molecule has 0 aromatic heterocycles. The molecule has 1 rings (SSSR count). The molecular formula is C12H27NO2Si. The Morgan fingerprint density at radius 1 is 1.31 bits per heavy atom. The minimum Gasteiger partial charge on any atom is -0.383 e. The number of rotatable bonds is 5. The van der Waals surface area contributed by atoms with Gasteiger partial charge >= 0.3 is 0 Å². The lowest BCUT2D eigenvalue weighted by Crippen LogP contribution is -2.53. The lowest BCUT2D eigenvalue weighted by atomic mass is 10.2. The average molecular weight is 245 g/mol. The van der Waals surface area contributed by atoms with E-state index in [1.54, 1.807) is 7.11 Å². The van der Waals surface area contributed by atoms with Crippen LogP contribution >= 0.6 is 0 Å². The molecule has 0 bridgehead atoms. The van der Waals surface area contributed by atoms with Gasteiger partial charge in [0.05, 0.1) is 12.3 Å². The van der Waals surface area contributed by atoms with Gasteiger partial charge in [0.15, 0.2) is 0 Å². The molecule has 0 aromatic rings. The van der Waals surface area contributed by atoms with Crippen molar-refractivity contribution in [2.75, 3.05) is 33.9 Å². The number of methoxy groups -OCH3 is 2. The molecule has 96 valence electrons. The van der Waals surface area contributed by atoms with Crippen LogP contribution in [0.15, 0.2) is 0 Å². The van der Waals surface area contributed by atoms with Crippen LogP contribution in [0.2, 0.25) is 13.1 Å².